The number of fused-ring (bicyclic) bond motifs is 1. The summed E-state index contributed by atoms with van der Waals surface area (Å²) in [6, 6.07) is 25.7. The van der Waals surface area contributed by atoms with E-state index in [0.29, 0.717) is 79.9 Å². The molecule has 2 saturated heterocycles. The van der Waals surface area contributed by atoms with Crippen LogP contribution in [0.5, 0.6) is 0 Å². The highest BCUT2D eigenvalue weighted by molar-refractivity contribution is 6.00. The minimum absolute atomic E-state index is 0.0417. The van der Waals surface area contributed by atoms with Gasteiger partial charge in [0.25, 0.3) is 5.91 Å². The minimum Gasteiger partial charge on any atom is -0.378 e. The Morgan fingerprint density at radius 2 is 1.48 bits per heavy atom. The van der Waals surface area contributed by atoms with E-state index < -0.39 is 0 Å². The zero-order valence-corrected chi connectivity index (χ0v) is 24.0. The molecule has 0 saturated carbocycles. The Bertz CT molecular complexity index is 1770. The Kier molecular flexibility index (Phi) is 7.55. The fourth-order valence-corrected chi connectivity index (χ4v) is 5.47. The molecule has 0 unspecified atom stereocenters. The summed E-state index contributed by atoms with van der Waals surface area (Å²) in [5.74, 6) is 1.54. The molecule has 12 heteroatoms. The van der Waals surface area contributed by atoms with E-state index in [1.165, 1.54) is 0 Å². The number of urea groups is 1. The molecule has 0 spiro atoms. The predicted molar refractivity (Wildman–Crippen MR) is 167 cm³/mol. The highest BCUT2D eigenvalue weighted by atomic mass is 16.5. The number of anilines is 3. The average molecular weight is 590 g/mol. The Morgan fingerprint density at radius 1 is 0.818 bits per heavy atom. The maximum absolute atomic E-state index is 12.8. The molecule has 7 rings (SSSR count). The summed E-state index contributed by atoms with van der Waals surface area (Å²) in [5, 5.41) is 14.6. The van der Waals surface area contributed by atoms with Gasteiger partial charge in [-0.2, -0.15) is 0 Å². The summed E-state index contributed by atoms with van der Waals surface area (Å²) in [5.41, 5.74) is 4.13. The van der Waals surface area contributed by atoms with Gasteiger partial charge in [-0.15, -0.1) is 5.10 Å². The number of para-hydroxylation sites is 1. The molecule has 0 atom stereocenters. The van der Waals surface area contributed by atoms with Crippen molar-refractivity contribution in [2.45, 2.75) is 6.54 Å². The third-order valence-electron chi connectivity index (χ3n) is 7.78. The molecule has 44 heavy (non-hydrogen) atoms. The molecular weight excluding hydrogens is 558 g/mol. The molecule has 0 aliphatic carbocycles. The van der Waals surface area contributed by atoms with Gasteiger partial charge in [0.15, 0.2) is 22.8 Å². The van der Waals surface area contributed by atoms with Gasteiger partial charge in [-0.1, -0.05) is 41.6 Å². The molecule has 3 aromatic carbocycles. The van der Waals surface area contributed by atoms with Crippen LogP contribution < -0.4 is 15.5 Å². The second kappa shape index (κ2) is 12.1. The molecule has 3 amide bonds. The molecule has 5 aromatic rings. The monoisotopic (exact) mass is 589 g/mol. The van der Waals surface area contributed by atoms with Gasteiger partial charge in [-0.3, -0.25) is 4.79 Å². The summed E-state index contributed by atoms with van der Waals surface area (Å²) >= 11 is 0. The van der Waals surface area contributed by atoms with Crippen molar-refractivity contribution in [2.24, 2.45) is 5.92 Å². The minimum atomic E-state index is -0.328. The van der Waals surface area contributed by atoms with Gasteiger partial charge < -0.3 is 25.2 Å². The van der Waals surface area contributed by atoms with Crippen molar-refractivity contribution in [3.63, 3.8) is 0 Å². The zero-order chi connectivity index (χ0) is 29.9. The first-order chi connectivity index (χ1) is 21.6. The van der Waals surface area contributed by atoms with Crippen molar-refractivity contribution >= 4 is 40.3 Å². The summed E-state index contributed by atoms with van der Waals surface area (Å²) < 4.78 is 7.40. The van der Waals surface area contributed by atoms with E-state index >= 15 is 0 Å². The highest BCUT2D eigenvalue weighted by Gasteiger charge is 2.32. The molecule has 2 fully saturated rings. The van der Waals surface area contributed by atoms with Crippen molar-refractivity contribution in [2.75, 3.05) is 54.9 Å². The second-order valence-corrected chi connectivity index (χ2v) is 10.9. The van der Waals surface area contributed by atoms with Crippen LogP contribution in [0.1, 0.15) is 10.4 Å². The molecular formula is C32H31N9O3. The largest absolute Gasteiger partial charge is 0.378 e. The number of hydrogen-bond acceptors (Lipinski definition) is 8. The average Bonchev–Trinajstić information content (AvgIpc) is 3.46. The topological polar surface area (TPSA) is 130 Å². The molecule has 2 aliphatic rings. The summed E-state index contributed by atoms with van der Waals surface area (Å²) in [6.07, 6.45) is 0. The van der Waals surface area contributed by atoms with Crippen LogP contribution >= 0.6 is 0 Å². The first-order valence-corrected chi connectivity index (χ1v) is 14.6. The van der Waals surface area contributed by atoms with E-state index in [1.807, 2.05) is 94.5 Å². The van der Waals surface area contributed by atoms with Crippen molar-refractivity contribution in [3.05, 3.63) is 90.5 Å². The lowest BCUT2D eigenvalue weighted by atomic mass is 9.99. The first-order valence-electron chi connectivity index (χ1n) is 14.6. The lowest BCUT2D eigenvalue weighted by molar-refractivity contribution is 0.0463. The smallest absolute Gasteiger partial charge is 0.323 e. The van der Waals surface area contributed by atoms with E-state index in [1.54, 1.807) is 0 Å². The third kappa shape index (κ3) is 5.79. The molecule has 4 heterocycles. The highest BCUT2D eigenvalue weighted by Crippen LogP contribution is 2.29. The van der Waals surface area contributed by atoms with Crippen molar-refractivity contribution in [1.29, 1.82) is 0 Å². The maximum atomic E-state index is 12.8. The molecule has 12 nitrogen and oxygen atoms in total. The molecule has 0 bridgehead atoms. The SMILES string of the molecule is O=C(Nc1ccccc1)Nc1ccc(-c2nc(N3CCOCC3)c3nnn(CC4CN(C(=O)c5ccccc5)C4)c3n2)cc1. The van der Waals surface area contributed by atoms with E-state index in [9.17, 15) is 9.59 Å². The van der Waals surface area contributed by atoms with Crippen molar-refractivity contribution in [3.8, 4) is 11.4 Å². The van der Waals surface area contributed by atoms with Gasteiger partial charge in [-0.25, -0.2) is 19.4 Å². The number of carbonyl (C=O) groups is 2. The van der Waals surface area contributed by atoms with E-state index in [-0.39, 0.29) is 17.9 Å². The normalized spacial score (nSPS) is 15.2. The number of aromatic nitrogens is 5. The van der Waals surface area contributed by atoms with Gasteiger partial charge in [0.1, 0.15) is 0 Å². The fraction of sp³-hybridized carbons (Fsp3) is 0.250. The Balaban J connectivity index is 1.11. The van der Waals surface area contributed by atoms with Gasteiger partial charge in [-0.05, 0) is 48.5 Å². The fourth-order valence-electron chi connectivity index (χ4n) is 5.47. The molecule has 2 aliphatic heterocycles. The van der Waals surface area contributed by atoms with Crippen molar-refractivity contribution < 1.29 is 14.3 Å². The van der Waals surface area contributed by atoms with Gasteiger partial charge in [0, 0.05) is 54.6 Å². The molecule has 2 N–H and O–H groups in total. The summed E-state index contributed by atoms with van der Waals surface area (Å²) in [7, 11) is 0. The number of amides is 3. The van der Waals surface area contributed by atoms with Crippen LogP contribution in [0.15, 0.2) is 84.9 Å². The van der Waals surface area contributed by atoms with Gasteiger partial charge in [0.05, 0.1) is 19.8 Å². The maximum Gasteiger partial charge on any atom is 0.323 e. The Morgan fingerprint density at radius 3 is 2.18 bits per heavy atom. The van der Waals surface area contributed by atoms with Crippen LogP contribution in [-0.2, 0) is 11.3 Å². The van der Waals surface area contributed by atoms with E-state index in [4.69, 9.17) is 14.7 Å². The number of benzene rings is 3. The number of carbonyl (C=O) groups excluding carboxylic acids is 2. The van der Waals surface area contributed by atoms with Gasteiger partial charge in [0.2, 0.25) is 0 Å². The van der Waals surface area contributed by atoms with Crippen LogP contribution in [0, 0.1) is 5.92 Å². The van der Waals surface area contributed by atoms with Crippen LogP contribution in [0.4, 0.5) is 22.0 Å². The number of hydrogen-bond donors (Lipinski definition) is 2. The lowest BCUT2D eigenvalue weighted by Crippen LogP contribution is -2.51. The van der Waals surface area contributed by atoms with E-state index in [0.717, 1.165) is 11.4 Å². The molecule has 222 valence electrons. The number of ether oxygens (including phenoxy) is 1. The summed E-state index contributed by atoms with van der Waals surface area (Å²) in [4.78, 5) is 39.1. The molecule has 2 aromatic heterocycles. The van der Waals surface area contributed by atoms with Crippen LogP contribution in [0.3, 0.4) is 0 Å². The quantitative estimate of drug-likeness (QED) is 0.290. The molecule has 0 radical (unpaired) electrons. The number of nitrogens with zero attached hydrogens (tertiary/aromatic N) is 7. The lowest BCUT2D eigenvalue weighted by Gasteiger charge is -2.39. The zero-order valence-electron chi connectivity index (χ0n) is 24.0. The van der Waals surface area contributed by atoms with Gasteiger partial charge >= 0.3 is 6.03 Å². The van der Waals surface area contributed by atoms with Crippen molar-refractivity contribution in [1.82, 2.24) is 29.9 Å². The van der Waals surface area contributed by atoms with Crippen LogP contribution in [0.2, 0.25) is 0 Å². The number of nitrogens with one attached hydrogen (secondary N) is 2. The number of likely N-dealkylation sites (tertiary alicyclic amines) is 1. The number of rotatable bonds is 7. The van der Waals surface area contributed by atoms with E-state index in [2.05, 4.69) is 25.8 Å². The number of morpholine rings is 1. The summed E-state index contributed by atoms with van der Waals surface area (Å²) in [6.45, 7) is 4.48. The Hall–Kier alpha value is -5.36. The second-order valence-electron chi connectivity index (χ2n) is 10.9. The van der Waals surface area contributed by atoms with Crippen LogP contribution in [0.25, 0.3) is 22.6 Å². The standard InChI is InChI=1S/C32H31N9O3/c42-31(24-7-3-1-4-8-24)40-19-22(20-40)21-41-30-27(37-38-41)29(39-15-17-44-18-16-39)35-28(36-30)23-11-13-26(14-12-23)34-32(43)33-25-9-5-2-6-10-25/h1-14,22H,15-21H2,(H2,33,34,43). The third-order valence-corrected chi connectivity index (χ3v) is 7.78. The predicted octanol–water partition coefficient (Wildman–Crippen LogP) is 4.14. The van der Waals surface area contributed by atoms with Crippen LogP contribution in [-0.4, -0.2) is 81.2 Å². The Labute approximate surface area is 253 Å². The first kappa shape index (κ1) is 27.5.